The molecule has 7 heteroatoms. The minimum absolute atomic E-state index is 0.0419. The quantitative estimate of drug-likeness (QED) is 0.873. The van der Waals surface area contributed by atoms with Crippen LogP contribution in [0.3, 0.4) is 0 Å². The molecule has 0 radical (unpaired) electrons. The molecule has 2 N–H and O–H groups in total. The van der Waals surface area contributed by atoms with Crippen LogP contribution in [0.15, 0.2) is 24.3 Å². The molecule has 122 valence electrons. The summed E-state index contributed by atoms with van der Waals surface area (Å²) in [6.07, 6.45) is 1.23. The number of ether oxygens (including phenoxy) is 1. The summed E-state index contributed by atoms with van der Waals surface area (Å²) in [7, 11) is 0. The van der Waals surface area contributed by atoms with Gasteiger partial charge in [-0.25, -0.2) is 0 Å². The Hall–Kier alpha value is -1.73. The smallest absolute Gasteiger partial charge is 0.387 e. The Balaban J connectivity index is 1.90. The third-order valence-electron chi connectivity index (χ3n) is 3.70. The number of β-amino-alcohol motifs (C(OH)–C–C–N with tert-alkyl or cyclic N) is 1. The third-order valence-corrected chi connectivity index (χ3v) is 3.70. The highest BCUT2D eigenvalue weighted by atomic mass is 19.3. The van der Waals surface area contributed by atoms with Crippen LogP contribution in [-0.4, -0.2) is 47.8 Å². The Morgan fingerprint density at radius 2 is 2.09 bits per heavy atom. The van der Waals surface area contributed by atoms with Crippen molar-refractivity contribution in [2.75, 3.05) is 18.4 Å². The molecule has 0 aliphatic carbocycles. The summed E-state index contributed by atoms with van der Waals surface area (Å²) in [6.45, 7) is 0.163. The first kappa shape index (κ1) is 16.6. The van der Waals surface area contributed by atoms with E-state index in [9.17, 15) is 18.7 Å². The number of halogens is 2. The van der Waals surface area contributed by atoms with Crippen LogP contribution < -0.4 is 10.1 Å². The van der Waals surface area contributed by atoms with Crippen molar-refractivity contribution in [2.24, 2.45) is 0 Å². The van der Waals surface area contributed by atoms with Crippen molar-refractivity contribution in [1.82, 2.24) is 4.90 Å². The number of aliphatic hydroxyl groups is 1. The van der Waals surface area contributed by atoms with Crippen LogP contribution in [0, 0.1) is 0 Å². The van der Waals surface area contributed by atoms with Crippen LogP contribution in [0.2, 0.25) is 0 Å². The molecule has 22 heavy (non-hydrogen) atoms. The van der Waals surface area contributed by atoms with Gasteiger partial charge in [-0.15, -0.1) is 0 Å². The topological polar surface area (TPSA) is 61.8 Å². The number of carbonyl (C=O) groups excluding carboxylic acids is 1. The van der Waals surface area contributed by atoms with Gasteiger partial charge in [0.2, 0.25) is 5.91 Å². The molecule has 5 nitrogen and oxygen atoms in total. The van der Waals surface area contributed by atoms with E-state index in [-0.39, 0.29) is 17.7 Å². The largest absolute Gasteiger partial charge is 0.435 e. The van der Waals surface area contributed by atoms with Crippen LogP contribution >= 0.6 is 0 Å². The maximum Gasteiger partial charge on any atom is 0.387 e. The molecule has 1 aliphatic heterocycles. The van der Waals surface area contributed by atoms with Crippen LogP contribution in [0.1, 0.15) is 19.8 Å². The van der Waals surface area contributed by atoms with Gasteiger partial charge in [0.15, 0.2) is 0 Å². The molecule has 1 aromatic carbocycles. The van der Waals surface area contributed by atoms with Crippen molar-refractivity contribution in [3.63, 3.8) is 0 Å². The van der Waals surface area contributed by atoms with E-state index in [4.69, 9.17) is 0 Å². The number of hydrogen-bond donors (Lipinski definition) is 2. The lowest BCUT2D eigenvalue weighted by Crippen LogP contribution is -2.48. The number of piperidine rings is 1. The van der Waals surface area contributed by atoms with Gasteiger partial charge in [-0.2, -0.15) is 8.78 Å². The first-order valence-electron chi connectivity index (χ1n) is 7.23. The number of nitrogens with zero attached hydrogens (tertiary/aromatic N) is 1. The van der Waals surface area contributed by atoms with E-state index >= 15 is 0 Å². The van der Waals surface area contributed by atoms with E-state index in [0.717, 1.165) is 19.4 Å². The number of carbonyl (C=O) groups is 1. The molecule has 1 amide bonds. The molecule has 0 spiro atoms. The summed E-state index contributed by atoms with van der Waals surface area (Å²) < 4.78 is 28.4. The van der Waals surface area contributed by atoms with Gasteiger partial charge >= 0.3 is 6.61 Å². The van der Waals surface area contributed by atoms with Gasteiger partial charge in [-0.05, 0) is 50.6 Å². The number of amides is 1. The van der Waals surface area contributed by atoms with Crippen molar-refractivity contribution >= 4 is 11.6 Å². The summed E-state index contributed by atoms with van der Waals surface area (Å²) in [4.78, 5) is 14.1. The Morgan fingerprint density at radius 3 is 2.68 bits per heavy atom. The molecule has 2 rings (SSSR count). The fourth-order valence-electron chi connectivity index (χ4n) is 2.47. The fraction of sp³-hybridized carbons (Fsp3) is 0.533. The average Bonchev–Trinajstić information content (AvgIpc) is 2.48. The lowest BCUT2D eigenvalue weighted by Gasteiger charge is -2.33. The monoisotopic (exact) mass is 314 g/mol. The molecule has 1 fully saturated rings. The van der Waals surface area contributed by atoms with Gasteiger partial charge in [-0.3, -0.25) is 9.69 Å². The second kappa shape index (κ2) is 7.51. The van der Waals surface area contributed by atoms with Gasteiger partial charge in [-0.1, -0.05) is 0 Å². The van der Waals surface area contributed by atoms with Crippen LogP contribution in [0.5, 0.6) is 5.75 Å². The van der Waals surface area contributed by atoms with Crippen LogP contribution in [-0.2, 0) is 4.79 Å². The fourth-order valence-corrected chi connectivity index (χ4v) is 2.47. The van der Waals surface area contributed by atoms with Crippen molar-refractivity contribution in [2.45, 2.75) is 38.5 Å². The van der Waals surface area contributed by atoms with Gasteiger partial charge in [0, 0.05) is 12.2 Å². The number of nitrogens with one attached hydrogen (secondary N) is 1. The minimum Gasteiger partial charge on any atom is -0.435 e. The highest BCUT2D eigenvalue weighted by molar-refractivity contribution is 5.94. The minimum atomic E-state index is -2.87. The zero-order valence-corrected chi connectivity index (χ0v) is 12.3. The van der Waals surface area contributed by atoms with E-state index in [1.54, 1.807) is 6.92 Å². The van der Waals surface area contributed by atoms with Crippen LogP contribution in [0.25, 0.3) is 0 Å². The Kier molecular flexibility index (Phi) is 5.68. The number of anilines is 1. The second-order valence-electron chi connectivity index (χ2n) is 5.36. The zero-order chi connectivity index (χ0) is 16.1. The number of alkyl halides is 2. The summed E-state index contributed by atoms with van der Waals surface area (Å²) >= 11 is 0. The zero-order valence-electron chi connectivity index (χ0n) is 12.3. The molecule has 1 heterocycles. The van der Waals surface area contributed by atoms with Gasteiger partial charge in [0.25, 0.3) is 0 Å². The molecule has 0 bridgehead atoms. The predicted octanol–water partition coefficient (Wildman–Crippen LogP) is 2.07. The molecule has 1 aliphatic rings. The normalized spacial score (nSPS) is 20.7. The number of aliphatic hydroxyl groups excluding tert-OH is 1. The Morgan fingerprint density at radius 1 is 1.41 bits per heavy atom. The maximum absolute atomic E-state index is 12.2. The average molecular weight is 314 g/mol. The summed E-state index contributed by atoms with van der Waals surface area (Å²) in [5, 5.41) is 12.4. The Bertz CT molecular complexity index is 496. The number of hydrogen-bond acceptors (Lipinski definition) is 4. The van der Waals surface area contributed by atoms with E-state index in [2.05, 4.69) is 10.1 Å². The molecule has 2 atom stereocenters. The van der Waals surface area contributed by atoms with Crippen LogP contribution in [0.4, 0.5) is 14.5 Å². The number of rotatable bonds is 5. The highest BCUT2D eigenvalue weighted by Gasteiger charge is 2.26. The molecular weight excluding hydrogens is 294 g/mol. The lowest BCUT2D eigenvalue weighted by atomic mass is 10.1. The molecule has 1 saturated heterocycles. The molecule has 1 aromatic rings. The van der Waals surface area contributed by atoms with Crippen molar-refractivity contribution in [3.8, 4) is 5.75 Å². The SMILES string of the molecule is CC(C(=O)Nc1ccc(OC(F)F)cc1)N1CCCC(O)C1. The summed E-state index contributed by atoms with van der Waals surface area (Å²) in [6, 6.07) is 5.39. The first-order valence-corrected chi connectivity index (χ1v) is 7.23. The summed E-state index contributed by atoms with van der Waals surface area (Å²) in [5.41, 5.74) is 0.510. The number of likely N-dealkylation sites (tertiary alicyclic amines) is 1. The van der Waals surface area contributed by atoms with E-state index in [1.807, 2.05) is 4.90 Å². The number of benzene rings is 1. The molecular formula is C15H20F2N2O3. The maximum atomic E-state index is 12.2. The van der Waals surface area contributed by atoms with E-state index < -0.39 is 12.7 Å². The van der Waals surface area contributed by atoms with Crippen molar-refractivity contribution in [1.29, 1.82) is 0 Å². The first-order chi connectivity index (χ1) is 10.5. The Labute approximate surface area is 127 Å². The molecule has 0 saturated carbocycles. The third kappa shape index (κ3) is 4.64. The van der Waals surface area contributed by atoms with Gasteiger partial charge in [0.1, 0.15) is 5.75 Å². The molecule has 0 aromatic heterocycles. The standard InChI is InChI=1S/C15H20F2N2O3/c1-10(19-8-2-3-12(20)9-19)14(21)18-11-4-6-13(7-5-11)22-15(16)17/h4-7,10,12,15,20H,2-3,8-9H2,1H3,(H,18,21). The van der Waals surface area contributed by atoms with Gasteiger partial charge < -0.3 is 15.2 Å². The molecule has 2 unspecified atom stereocenters. The van der Waals surface area contributed by atoms with Gasteiger partial charge in [0.05, 0.1) is 12.1 Å². The van der Waals surface area contributed by atoms with Crippen molar-refractivity contribution < 1.29 is 23.4 Å². The summed E-state index contributed by atoms with van der Waals surface area (Å²) in [5.74, 6) is -0.156. The van der Waals surface area contributed by atoms with E-state index in [1.165, 1.54) is 24.3 Å². The van der Waals surface area contributed by atoms with Crippen molar-refractivity contribution in [3.05, 3.63) is 24.3 Å². The highest BCUT2D eigenvalue weighted by Crippen LogP contribution is 2.19. The predicted molar refractivity (Wildman–Crippen MR) is 78.0 cm³/mol. The van der Waals surface area contributed by atoms with E-state index in [0.29, 0.717) is 12.2 Å². The second-order valence-corrected chi connectivity index (χ2v) is 5.36. The lowest BCUT2D eigenvalue weighted by molar-refractivity contribution is -0.121.